The molecule has 1 aliphatic heterocycles. The third-order valence-electron chi connectivity index (χ3n) is 3.46. The van der Waals surface area contributed by atoms with Crippen LogP contribution in [0.15, 0.2) is 41.1 Å². The molecule has 6 heteroatoms. The van der Waals surface area contributed by atoms with Gasteiger partial charge in [-0.1, -0.05) is 0 Å². The van der Waals surface area contributed by atoms with Gasteiger partial charge in [-0.25, -0.2) is 0 Å². The van der Waals surface area contributed by atoms with Gasteiger partial charge in [-0.2, -0.15) is 14.2 Å². The average molecular weight is 250 g/mol. The Morgan fingerprint density at radius 3 is 3.16 bits per heavy atom. The molecule has 19 heavy (non-hydrogen) atoms. The van der Waals surface area contributed by atoms with E-state index in [0.717, 1.165) is 28.4 Å². The molecule has 0 saturated heterocycles. The molecule has 0 N–H and O–H groups in total. The lowest BCUT2D eigenvalue weighted by molar-refractivity contribution is -0.651. The van der Waals surface area contributed by atoms with Gasteiger partial charge >= 0.3 is 17.3 Å². The molecule has 0 radical (unpaired) electrons. The first-order valence-corrected chi connectivity index (χ1v) is 6.02. The number of oxazole rings is 1. The first-order chi connectivity index (χ1) is 9.42. The Kier molecular flexibility index (Phi) is 1.44. The van der Waals surface area contributed by atoms with Gasteiger partial charge in [-0.3, -0.25) is 4.98 Å². The molecule has 0 spiro atoms. The third kappa shape index (κ3) is 1.02. The maximum Gasteiger partial charge on any atom is 0.392 e. The van der Waals surface area contributed by atoms with Crippen molar-refractivity contribution in [1.82, 2.24) is 19.6 Å². The lowest BCUT2D eigenvalue weighted by Crippen LogP contribution is -2.31. The number of hydrogen-bond donors (Lipinski definition) is 0. The van der Waals surface area contributed by atoms with E-state index < -0.39 is 0 Å². The van der Waals surface area contributed by atoms with Crippen molar-refractivity contribution in [2.45, 2.75) is 6.54 Å². The smallest absolute Gasteiger partial charge is 0.392 e. The van der Waals surface area contributed by atoms with Gasteiger partial charge in [-0.05, 0) is 23.2 Å². The Bertz CT molecular complexity index is 952. The third-order valence-corrected chi connectivity index (χ3v) is 3.46. The van der Waals surface area contributed by atoms with E-state index in [-0.39, 0.29) is 0 Å². The number of hydrogen-bond acceptors (Lipinski definition) is 4. The standard InChI is InChI=1S/C13H8N5O/c1-3-8-9(14-5-1)7-17-11-13(19-12(8)17)18-10(16-11)4-2-6-15-18/h1-6H,7H2/q+1. The van der Waals surface area contributed by atoms with E-state index in [2.05, 4.69) is 15.1 Å². The fourth-order valence-corrected chi connectivity index (χ4v) is 2.62. The number of pyridine rings is 1. The zero-order valence-electron chi connectivity index (χ0n) is 9.82. The number of fused-ring (bicyclic) bond motifs is 7. The molecule has 5 heterocycles. The monoisotopic (exact) mass is 250 g/mol. The number of nitrogens with zero attached hydrogens (tertiary/aromatic N) is 5. The van der Waals surface area contributed by atoms with E-state index in [0.29, 0.717) is 12.3 Å². The number of aromatic nitrogens is 5. The van der Waals surface area contributed by atoms with Gasteiger partial charge in [0.2, 0.25) is 0 Å². The van der Waals surface area contributed by atoms with Crippen molar-refractivity contribution in [2.75, 3.05) is 0 Å². The molecule has 0 aromatic carbocycles. The fourth-order valence-electron chi connectivity index (χ4n) is 2.62. The van der Waals surface area contributed by atoms with Crippen LogP contribution >= 0.6 is 0 Å². The van der Waals surface area contributed by atoms with Crippen molar-refractivity contribution in [3.8, 4) is 11.5 Å². The zero-order valence-corrected chi connectivity index (χ0v) is 9.82. The van der Waals surface area contributed by atoms with Crippen molar-refractivity contribution >= 4 is 17.0 Å². The summed E-state index contributed by atoms with van der Waals surface area (Å²) < 4.78 is 9.71. The first-order valence-electron chi connectivity index (χ1n) is 6.02. The average Bonchev–Trinajstić information content (AvgIpc) is 3.07. The molecule has 4 aromatic rings. The predicted octanol–water partition coefficient (Wildman–Crippen LogP) is 1.19. The second kappa shape index (κ2) is 2.97. The van der Waals surface area contributed by atoms with Crippen molar-refractivity contribution in [3.05, 3.63) is 42.4 Å². The molecule has 1 aliphatic rings. The minimum atomic E-state index is 0.681. The number of imidazole rings is 1. The van der Waals surface area contributed by atoms with Gasteiger partial charge in [0.05, 0.1) is 11.3 Å². The predicted molar refractivity (Wildman–Crippen MR) is 65.3 cm³/mol. The molecule has 4 aromatic heterocycles. The minimum Gasteiger partial charge on any atom is -0.395 e. The van der Waals surface area contributed by atoms with Crippen LogP contribution in [0.5, 0.6) is 0 Å². The summed E-state index contributed by atoms with van der Waals surface area (Å²) >= 11 is 0. The Labute approximate surface area is 106 Å². The van der Waals surface area contributed by atoms with Gasteiger partial charge in [0.15, 0.2) is 0 Å². The minimum absolute atomic E-state index is 0.681. The molecule has 0 bridgehead atoms. The van der Waals surface area contributed by atoms with Crippen LogP contribution < -0.4 is 4.57 Å². The van der Waals surface area contributed by atoms with Gasteiger partial charge in [0, 0.05) is 18.5 Å². The second-order valence-corrected chi connectivity index (χ2v) is 4.53. The van der Waals surface area contributed by atoms with Crippen molar-refractivity contribution in [1.29, 1.82) is 0 Å². The summed E-state index contributed by atoms with van der Waals surface area (Å²) in [6, 6.07) is 7.71. The Morgan fingerprint density at radius 2 is 2.16 bits per heavy atom. The van der Waals surface area contributed by atoms with Crippen LogP contribution in [0.2, 0.25) is 0 Å². The van der Waals surface area contributed by atoms with Crippen molar-refractivity contribution in [2.24, 2.45) is 0 Å². The lowest BCUT2D eigenvalue weighted by atomic mass is 10.2. The highest BCUT2D eigenvalue weighted by atomic mass is 16.4. The van der Waals surface area contributed by atoms with Crippen LogP contribution in [-0.2, 0) is 6.54 Å². The molecule has 0 aliphatic carbocycles. The van der Waals surface area contributed by atoms with E-state index in [1.165, 1.54) is 0 Å². The van der Waals surface area contributed by atoms with Gasteiger partial charge in [0.25, 0.3) is 5.65 Å². The van der Waals surface area contributed by atoms with Crippen molar-refractivity contribution < 1.29 is 8.98 Å². The Balaban J connectivity index is 1.93. The van der Waals surface area contributed by atoms with Crippen LogP contribution in [-0.4, -0.2) is 19.6 Å². The maximum absolute atomic E-state index is 5.95. The molecule has 0 atom stereocenters. The van der Waals surface area contributed by atoms with E-state index in [1.807, 2.05) is 28.8 Å². The first kappa shape index (κ1) is 9.21. The molecule has 5 rings (SSSR count). The summed E-state index contributed by atoms with van der Waals surface area (Å²) in [5.41, 5.74) is 4.33. The summed E-state index contributed by atoms with van der Waals surface area (Å²) in [5.74, 6) is 0.806. The van der Waals surface area contributed by atoms with Gasteiger partial charge < -0.3 is 4.42 Å². The molecule has 0 amide bonds. The van der Waals surface area contributed by atoms with Crippen LogP contribution in [0.3, 0.4) is 0 Å². The Hall–Kier alpha value is -2.76. The van der Waals surface area contributed by atoms with Crippen LogP contribution in [0.25, 0.3) is 28.5 Å². The Morgan fingerprint density at radius 1 is 1.21 bits per heavy atom. The largest absolute Gasteiger partial charge is 0.395 e. The molecule has 0 unspecified atom stereocenters. The highest BCUT2D eigenvalue weighted by Crippen LogP contribution is 2.29. The second-order valence-electron chi connectivity index (χ2n) is 4.53. The van der Waals surface area contributed by atoms with E-state index >= 15 is 0 Å². The summed E-state index contributed by atoms with van der Waals surface area (Å²) in [7, 11) is 0. The summed E-state index contributed by atoms with van der Waals surface area (Å²) in [6.07, 6.45) is 3.52. The van der Waals surface area contributed by atoms with Gasteiger partial charge in [-0.15, -0.1) is 0 Å². The summed E-state index contributed by atoms with van der Waals surface area (Å²) in [5, 5.41) is 4.27. The van der Waals surface area contributed by atoms with Crippen LogP contribution in [0.1, 0.15) is 5.69 Å². The normalized spacial score (nSPS) is 13.1. The molecular weight excluding hydrogens is 242 g/mol. The lowest BCUT2D eigenvalue weighted by Gasteiger charge is -1.90. The zero-order chi connectivity index (χ0) is 12.4. The molecule has 0 saturated carbocycles. The van der Waals surface area contributed by atoms with E-state index in [9.17, 15) is 0 Å². The fraction of sp³-hybridized carbons (Fsp3) is 0.0769. The SMILES string of the molecule is c1cnc2c(c1)-c1oc3c(nc4cccnn43)[n+]1C2. The molecule has 6 nitrogen and oxygen atoms in total. The highest BCUT2D eigenvalue weighted by molar-refractivity contribution is 5.71. The molecule has 90 valence electrons. The van der Waals surface area contributed by atoms with Crippen LogP contribution in [0.4, 0.5) is 0 Å². The maximum atomic E-state index is 5.95. The summed E-state index contributed by atoms with van der Waals surface area (Å²) in [6.45, 7) is 0.697. The number of rotatable bonds is 0. The van der Waals surface area contributed by atoms with Crippen molar-refractivity contribution in [3.63, 3.8) is 0 Å². The van der Waals surface area contributed by atoms with E-state index in [4.69, 9.17) is 4.42 Å². The van der Waals surface area contributed by atoms with Gasteiger partial charge in [0.1, 0.15) is 6.54 Å². The molecular formula is C13H8N5O+. The van der Waals surface area contributed by atoms with E-state index in [1.54, 1.807) is 16.9 Å². The highest BCUT2D eigenvalue weighted by Gasteiger charge is 2.35. The summed E-state index contributed by atoms with van der Waals surface area (Å²) in [4.78, 5) is 8.95. The van der Waals surface area contributed by atoms with Crippen LogP contribution in [0, 0.1) is 0 Å². The molecule has 0 fully saturated rings. The topological polar surface area (TPSA) is 60.1 Å². The quantitative estimate of drug-likeness (QED) is 0.387.